The lowest BCUT2D eigenvalue weighted by atomic mass is 10.0. The number of piperazine rings is 1. The maximum absolute atomic E-state index is 5.90. The highest BCUT2D eigenvalue weighted by atomic mass is 15.3. The number of nitrogens with zero attached hydrogens (tertiary/aromatic N) is 2. The van der Waals surface area contributed by atoms with Gasteiger partial charge in [0, 0.05) is 37.8 Å². The van der Waals surface area contributed by atoms with Crippen molar-refractivity contribution in [1.29, 1.82) is 0 Å². The smallest absolute Gasteiger partial charge is 0.0349 e. The monoisotopic (exact) mass is 211 g/mol. The second kappa shape index (κ2) is 4.81. The predicted molar refractivity (Wildman–Crippen MR) is 63.9 cm³/mol. The molecule has 2 aliphatic rings. The molecule has 2 unspecified atom stereocenters. The summed E-state index contributed by atoms with van der Waals surface area (Å²) in [6, 6.07) is 2.11. The molecule has 0 bridgehead atoms. The third-order valence-electron chi connectivity index (χ3n) is 4.26. The van der Waals surface area contributed by atoms with Crippen LogP contribution in [-0.4, -0.2) is 54.6 Å². The van der Waals surface area contributed by atoms with Gasteiger partial charge >= 0.3 is 0 Å². The summed E-state index contributed by atoms with van der Waals surface area (Å²) in [7, 11) is 2.22. The van der Waals surface area contributed by atoms with Crippen molar-refractivity contribution in [2.45, 2.75) is 50.7 Å². The van der Waals surface area contributed by atoms with Gasteiger partial charge in [0.25, 0.3) is 0 Å². The Morgan fingerprint density at radius 1 is 1.20 bits per heavy atom. The Hall–Kier alpha value is -0.120. The molecule has 0 radical (unpaired) electrons. The first kappa shape index (κ1) is 11.4. The Morgan fingerprint density at radius 3 is 2.47 bits per heavy atom. The Bertz CT molecular complexity index is 201. The largest absolute Gasteiger partial charge is 0.329 e. The molecule has 0 aromatic heterocycles. The second-order valence-electron chi connectivity index (χ2n) is 5.31. The first-order chi connectivity index (χ1) is 7.22. The van der Waals surface area contributed by atoms with Crippen LogP contribution in [0.1, 0.15) is 32.6 Å². The fourth-order valence-electron chi connectivity index (χ4n) is 3.10. The molecule has 1 heterocycles. The number of hydrogen-bond donors (Lipinski definition) is 1. The summed E-state index contributed by atoms with van der Waals surface area (Å²) in [5.74, 6) is 0. The van der Waals surface area contributed by atoms with E-state index in [4.69, 9.17) is 5.73 Å². The van der Waals surface area contributed by atoms with E-state index in [1.165, 1.54) is 32.2 Å². The molecule has 1 aliphatic heterocycles. The van der Waals surface area contributed by atoms with Crippen LogP contribution in [0, 0.1) is 0 Å². The zero-order valence-electron chi connectivity index (χ0n) is 10.2. The molecule has 0 amide bonds. The van der Waals surface area contributed by atoms with Gasteiger partial charge < -0.3 is 10.6 Å². The standard InChI is InChI=1S/C12H25N3/c1-10-8-15(11-5-3-4-6-11)12(7-13)9-14(10)2/h10-12H,3-9,13H2,1-2H3. The topological polar surface area (TPSA) is 32.5 Å². The van der Waals surface area contributed by atoms with Crippen molar-refractivity contribution in [2.24, 2.45) is 5.73 Å². The molecule has 2 N–H and O–H groups in total. The highest BCUT2D eigenvalue weighted by molar-refractivity contribution is 4.91. The van der Waals surface area contributed by atoms with Gasteiger partial charge in [0.05, 0.1) is 0 Å². The molecule has 3 nitrogen and oxygen atoms in total. The molecule has 88 valence electrons. The van der Waals surface area contributed by atoms with E-state index < -0.39 is 0 Å². The highest BCUT2D eigenvalue weighted by Crippen LogP contribution is 2.27. The minimum absolute atomic E-state index is 0.592. The van der Waals surface area contributed by atoms with Crippen molar-refractivity contribution in [3.63, 3.8) is 0 Å². The molecule has 0 aromatic rings. The number of nitrogens with two attached hydrogens (primary N) is 1. The van der Waals surface area contributed by atoms with E-state index in [0.29, 0.717) is 12.1 Å². The molecule has 1 saturated heterocycles. The fraction of sp³-hybridized carbons (Fsp3) is 1.00. The third-order valence-corrected chi connectivity index (χ3v) is 4.26. The Morgan fingerprint density at radius 2 is 1.87 bits per heavy atom. The number of hydrogen-bond acceptors (Lipinski definition) is 3. The Kier molecular flexibility index (Phi) is 3.65. The normalized spacial score (nSPS) is 36.2. The van der Waals surface area contributed by atoms with Gasteiger partial charge in [0.1, 0.15) is 0 Å². The van der Waals surface area contributed by atoms with Crippen molar-refractivity contribution < 1.29 is 0 Å². The van der Waals surface area contributed by atoms with Crippen LogP contribution in [0.25, 0.3) is 0 Å². The zero-order chi connectivity index (χ0) is 10.8. The van der Waals surface area contributed by atoms with Crippen molar-refractivity contribution in [2.75, 3.05) is 26.7 Å². The van der Waals surface area contributed by atoms with Crippen LogP contribution in [0.3, 0.4) is 0 Å². The van der Waals surface area contributed by atoms with Gasteiger partial charge in [0.15, 0.2) is 0 Å². The van der Waals surface area contributed by atoms with E-state index in [9.17, 15) is 0 Å². The molecule has 1 aliphatic carbocycles. The summed E-state index contributed by atoms with van der Waals surface area (Å²) < 4.78 is 0. The lowest BCUT2D eigenvalue weighted by Gasteiger charge is -2.46. The van der Waals surface area contributed by atoms with Crippen LogP contribution < -0.4 is 5.73 Å². The molecular formula is C12H25N3. The summed E-state index contributed by atoms with van der Waals surface area (Å²) in [5, 5.41) is 0. The fourth-order valence-corrected chi connectivity index (χ4v) is 3.10. The van der Waals surface area contributed by atoms with E-state index in [1.807, 2.05) is 0 Å². The Balaban J connectivity index is 2.00. The van der Waals surface area contributed by atoms with Gasteiger partial charge in [-0.3, -0.25) is 4.90 Å². The van der Waals surface area contributed by atoms with Gasteiger partial charge in [-0.1, -0.05) is 12.8 Å². The quantitative estimate of drug-likeness (QED) is 0.736. The molecule has 2 fully saturated rings. The van der Waals surface area contributed by atoms with Crippen LogP contribution >= 0.6 is 0 Å². The molecule has 3 heteroatoms. The van der Waals surface area contributed by atoms with Crippen LogP contribution in [0.4, 0.5) is 0 Å². The summed E-state index contributed by atoms with van der Waals surface area (Å²) in [6.45, 7) is 5.50. The molecular weight excluding hydrogens is 186 g/mol. The highest BCUT2D eigenvalue weighted by Gasteiger charge is 2.34. The molecule has 2 rings (SSSR count). The number of likely N-dealkylation sites (N-methyl/N-ethyl adjacent to an activating group) is 1. The lowest BCUT2D eigenvalue weighted by molar-refractivity contribution is 0.0259. The van der Waals surface area contributed by atoms with Gasteiger partial charge in [-0.2, -0.15) is 0 Å². The summed E-state index contributed by atoms with van der Waals surface area (Å²) in [6.07, 6.45) is 5.63. The zero-order valence-corrected chi connectivity index (χ0v) is 10.2. The van der Waals surface area contributed by atoms with Gasteiger partial charge in [-0.25, -0.2) is 0 Å². The molecule has 0 aromatic carbocycles. The van der Waals surface area contributed by atoms with Crippen molar-refractivity contribution in [1.82, 2.24) is 9.80 Å². The SMILES string of the molecule is CC1CN(C2CCCC2)C(CN)CN1C. The Labute approximate surface area is 93.6 Å². The third kappa shape index (κ3) is 2.35. The average Bonchev–Trinajstić information content (AvgIpc) is 2.74. The van der Waals surface area contributed by atoms with Gasteiger partial charge in [-0.15, -0.1) is 0 Å². The minimum Gasteiger partial charge on any atom is -0.329 e. The van der Waals surface area contributed by atoms with E-state index >= 15 is 0 Å². The minimum atomic E-state index is 0.592. The number of rotatable bonds is 2. The lowest BCUT2D eigenvalue weighted by Crippen LogP contribution is -2.60. The summed E-state index contributed by atoms with van der Waals surface area (Å²) in [4.78, 5) is 5.14. The summed E-state index contributed by atoms with van der Waals surface area (Å²) >= 11 is 0. The van der Waals surface area contributed by atoms with E-state index in [1.54, 1.807) is 0 Å². The first-order valence-corrected chi connectivity index (χ1v) is 6.38. The van der Waals surface area contributed by atoms with Crippen molar-refractivity contribution in [3.8, 4) is 0 Å². The van der Waals surface area contributed by atoms with Gasteiger partial charge in [-0.05, 0) is 26.8 Å². The van der Waals surface area contributed by atoms with Crippen molar-refractivity contribution in [3.05, 3.63) is 0 Å². The van der Waals surface area contributed by atoms with Gasteiger partial charge in [0.2, 0.25) is 0 Å². The molecule has 2 atom stereocenters. The molecule has 1 saturated carbocycles. The summed E-state index contributed by atoms with van der Waals surface area (Å²) in [5.41, 5.74) is 5.90. The maximum atomic E-state index is 5.90. The van der Waals surface area contributed by atoms with Crippen LogP contribution in [0.15, 0.2) is 0 Å². The predicted octanol–water partition coefficient (Wildman–Crippen LogP) is 0.892. The average molecular weight is 211 g/mol. The maximum Gasteiger partial charge on any atom is 0.0349 e. The van der Waals surface area contributed by atoms with Crippen LogP contribution in [0.5, 0.6) is 0 Å². The van der Waals surface area contributed by atoms with Crippen LogP contribution in [0.2, 0.25) is 0 Å². The van der Waals surface area contributed by atoms with Crippen LogP contribution in [-0.2, 0) is 0 Å². The molecule has 15 heavy (non-hydrogen) atoms. The second-order valence-corrected chi connectivity index (χ2v) is 5.31. The first-order valence-electron chi connectivity index (χ1n) is 6.38. The van der Waals surface area contributed by atoms with E-state index in [2.05, 4.69) is 23.8 Å². The van der Waals surface area contributed by atoms with E-state index in [-0.39, 0.29) is 0 Å². The van der Waals surface area contributed by atoms with E-state index in [0.717, 1.165) is 19.1 Å². The molecule has 0 spiro atoms. The van der Waals surface area contributed by atoms with Crippen molar-refractivity contribution >= 4 is 0 Å².